The molecule has 0 amide bonds. The fraction of sp³-hybridized carbons (Fsp3) is 0. The molecular formula is C14H7F2NOS. The molecule has 94 valence electrons. The highest BCUT2D eigenvalue weighted by molar-refractivity contribution is 7.17. The number of carbonyl (C=O) groups is 1. The van der Waals surface area contributed by atoms with Crippen LogP contribution in [0.5, 0.6) is 0 Å². The molecule has 1 aromatic carbocycles. The number of rotatable bonds is 2. The van der Waals surface area contributed by atoms with Gasteiger partial charge in [0.15, 0.2) is 0 Å². The van der Waals surface area contributed by atoms with Gasteiger partial charge in [-0.25, -0.2) is 8.78 Å². The number of fused-ring (bicyclic) bond motifs is 1. The van der Waals surface area contributed by atoms with Gasteiger partial charge in [0, 0.05) is 11.8 Å². The summed E-state index contributed by atoms with van der Waals surface area (Å²) in [6.45, 7) is 0. The van der Waals surface area contributed by atoms with Gasteiger partial charge in [0.1, 0.15) is 11.6 Å². The summed E-state index contributed by atoms with van der Waals surface area (Å²) in [7, 11) is 0. The molecule has 0 aliphatic rings. The minimum Gasteiger partial charge on any atom is -0.288 e. The lowest BCUT2D eigenvalue weighted by atomic mass is 10.0. The molecule has 0 radical (unpaired) electrons. The second kappa shape index (κ2) is 4.51. The van der Waals surface area contributed by atoms with Crippen LogP contribution in [-0.2, 0) is 0 Å². The highest BCUT2D eigenvalue weighted by atomic mass is 32.1. The Hall–Kier alpha value is -2.14. The molecule has 3 aromatic rings. The summed E-state index contributed by atoms with van der Waals surface area (Å²) in [5.74, 6) is -2.43. The van der Waals surface area contributed by atoms with Gasteiger partial charge < -0.3 is 0 Å². The minimum absolute atomic E-state index is 0.180. The van der Waals surface area contributed by atoms with Gasteiger partial charge >= 0.3 is 0 Å². The van der Waals surface area contributed by atoms with Gasteiger partial charge in [-0.15, -0.1) is 11.3 Å². The standard InChI is InChI=1S/C14H7F2NOS/c15-9-2-1-3-10(16)13(9)14(18)8-6-12-11(17-7-8)4-5-19-12/h1-7H. The minimum atomic E-state index is -0.865. The second-order valence-corrected chi connectivity index (χ2v) is 4.90. The number of hydrogen-bond donors (Lipinski definition) is 0. The van der Waals surface area contributed by atoms with E-state index in [1.807, 2.05) is 11.4 Å². The third-order valence-corrected chi connectivity index (χ3v) is 3.61. The maximum atomic E-state index is 13.6. The van der Waals surface area contributed by atoms with Crippen molar-refractivity contribution in [2.75, 3.05) is 0 Å². The van der Waals surface area contributed by atoms with E-state index in [9.17, 15) is 13.6 Å². The van der Waals surface area contributed by atoms with Crippen LogP contribution in [0.3, 0.4) is 0 Å². The first kappa shape index (κ1) is 11.9. The first-order chi connectivity index (χ1) is 9.16. The molecule has 2 aromatic heterocycles. The second-order valence-electron chi connectivity index (χ2n) is 3.95. The number of halogens is 2. The number of hydrogen-bond acceptors (Lipinski definition) is 3. The Morgan fingerprint density at radius 2 is 1.89 bits per heavy atom. The van der Waals surface area contributed by atoms with Crippen LogP contribution in [0.4, 0.5) is 8.78 Å². The molecule has 2 heterocycles. The van der Waals surface area contributed by atoms with Crippen molar-refractivity contribution in [3.8, 4) is 0 Å². The maximum absolute atomic E-state index is 13.6. The van der Waals surface area contributed by atoms with Crippen LogP contribution in [0, 0.1) is 11.6 Å². The zero-order valence-electron chi connectivity index (χ0n) is 9.56. The molecule has 5 heteroatoms. The van der Waals surface area contributed by atoms with Crippen LogP contribution in [0.2, 0.25) is 0 Å². The van der Waals surface area contributed by atoms with E-state index >= 15 is 0 Å². The molecule has 0 saturated heterocycles. The molecule has 19 heavy (non-hydrogen) atoms. The summed E-state index contributed by atoms with van der Waals surface area (Å²) >= 11 is 1.42. The number of thiophene rings is 1. The molecular weight excluding hydrogens is 268 g/mol. The van der Waals surface area contributed by atoms with Gasteiger partial charge in [-0.3, -0.25) is 9.78 Å². The number of ketones is 1. The fourth-order valence-corrected chi connectivity index (χ4v) is 2.61. The van der Waals surface area contributed by atoms with Crippen LogP contribution in [0.15, 0.2) is 41.9 Å². The number of benzene rings is 1. The van der Waals surface area contributed by atoms with Crippen molar-refractivity contribution in [2.24, 2.45) is 0 Å². The van der Waals surface area contributed by atoms with Gasteiger partial charge in [0.2, 0.25) is 5.78 Å². The SMILES string of the molecule is O=C(c1cnc2ccsc2c1)c1c(F)cccc1F. The number of pyridine rings is 1. The number of carbonyl (C=O) groups excluding carboxylic acids is 1. The van der Waals surface area contributed by atoms with Crippen molar-refractivity contribution in [1.29, 1.82) is 0 Å². The average molecular weight is 275 g/mol. The van der Waals surface area contributed by atoms with Gasteiger partial charge in [-0.2, -0.15) is 0 Å². The van der Waals surface area contributed by atoms with E-state index in [4.69, 9.17) is 0 Å². The fourth-order valence-electron chi connectivity index (χ4n) is 1.83. The predicted molar refractivity (Wildman–Crippen MR) is 69.4 cm³/mol. The maximum Gasteiger partial charge on any atom is 0.200 e. The van der Waals surface area contributed by atoms with Crippen molar-refractivity contribution < 1.29 is 13.6 Å². The molecule has 0 aliphatic carbocycles. The largest absolute Gasteiger partial charge is 0.288 e. The van der Waals surface area contributed by atoms with E-state index in [2.05, 4.69) is 4.98 Å². The van der Waals surface area contributed by atoms with Gasteiger partial charge in [0.05, 0.1) is 15.8 Å². The van der Waals surface area contributed by atoms with Crippen LogP contribution < -0.4 is 0 Å². The first-order valence-electron chi connectivity index (χ1n) is 5.49. The van der Waals surface area contributed by atoms with Crippen LogP contribution in [-0.4, -0.2) is 10.8 Å². The van der Waals surface area contributed by atoms with Crippen LogP contribution in [0.1, 0.15) is 15.9 Å². The summed E-state index contributed by atoms with van der Waals surface area (Å²) < 4.78 is 27.9. The molecule has 2 nitrogen and oxygen atoms in total. The summed E-state index contributed by atoms with van der Waals surface area (Å²) in [5, 5.41) is 1.84. The van der Waals surface area contributed by atoms with Crippen LogP contribution in [0.25, 0.3) is 10.2 Å². The Morgan fingerprint density at radius 3 is 2.63 bits per heavy atom. The molecule has 0 spiro atoms. The van der Waals surface area contributed by atoms with Crippen molar-refractivity contribution in [2.45, 2.75) is 0 Å². The lowest BCUT2D eigenvalue weighted by Crippen LogP contribution is -2.07. The van der Waals surface area contributed by atoms with E-state index in [-0.39, 0.29) is 5.56 Å². The predicted octanol–water partition coefficient (Wildman–Crippen LogP) is 3.81. The molecule has 0 N–H and O–H groups in total. The molecule has 0 bridgehead atoms. The molecule has 0 fully saturated rings. The third kappa shape index (κ3) is 2.02. The van der Waals surface area contributed by atoms with Crippen LogP contribution >= 0.6 is 11.3 Å². The van der Waals surface area contributed by atoms with E-state index in [1.54, 1.807) is 6.07 Å². The summed E-state index contributed by atoms with van der Waals surface area (Å²) in [6.07, 6.45) is 1.34. The van der Waals surface area contributed by atoms with Crippen molar-refractivity contribution in [1.82, 2.24) is 4.98 Å². The molecule has 0 unspecified atom stereocenters. The summed E-state index contributed by atoms with van der Waals surface area (Å²) in [5.41, 5.74) is 0.398. The van der Waals surface area contributed by atoms with E-state index in [1.165, 1.54) is 23.6 Å². The molecule has 0 saturated carbocycles. The number of nitrogens with zero attached hydrogens (tertiary/aromatic N) is 1. The number of aromatic nitrogens is 1. The topological polar surface area (TPSA) is 30.0 Å². The molecule has 0 aliphatic heterocycles. The Labute approximate surface area is 111 Å². The lowest BCUT2D eigenvalue weighted by Gasteiger charge is -2.04. The highest BCUT2D eigenvalue weighted by Crippen LogP contribution is 2.22. The Kier molecular flexibility index (Phi) is 2.83. The summed E-state index contributed by atoms with van der Waals surface area (Å²) in [6, 6.07) is 6.77. The Balaban J connectivity index is 2.13. The monoisotopic (exact) mass is 275 g/mol. The average Bonchev–Trinajstić information content (AvgIpc) is 2.85. The zero-order valence-corrected chi connectivity index (χ0v) is 10.4. The van der Waals surface area contributed by atoms with Crippen molar-refractivity contribution >= 4 is 27.3 Å². The molecule has 3 rings (SSSR count). The van der Waals surface area contributed by atoms with Gasteiger partial charge in [0.25, 0.3) is 0 Å². The van der Waals surface area contributed by atoms with Crippen molar-refractivity contribution in [3.63, 3.8) is 0 Å². The van der Waals surface area contributed by atoms with E-state index in [0.29, 0.717) is 0 Å². The lowest BCUT2D eigenvalue weighted by molar-refractivity contribution is 0.103. The van der Waals surface area contributed by atoms with E-state index in [0.717, 1.165) is 22.3 Å². The first-order valence-corrected chi connectivity index (χ1v) is 6.37. The van der Waals surface area contributed by atoms with Gasteiger partial charge in [-0.05, 0) is 29.6 Å². The molecule has 0 atom stereocenters. The zero-order chi connectivity index (χ0) is 13.4. The normalized spacial score (nSPS) is 10.8. The Morgan fingerprint density at radius 1 is 1.16 bits per heavy atom. The van der Waals surface area contributed by atoms with Gasteiger partial charge in [-0.1, -0.05) is 6.07 Å². The van der Waals surface area contributed by atoms with Crippen molar-refractivity contribution in [3.05, 3.63) is 64.7 Å². The van der Waals surface area contributed by atoms with E-state index < -0.39 is 23.0 Å². The third-order valence-electron chi connectivity index (χ3n) is 2.75. The quantitative estimate of drug-likeness (QED) is 0.666. The Bertz CT molecular complexity index is 762. The highest BCUT2D eigenvalue weighted by Gasteiger charge is 2.19. The smallest absolute Gasteiger partial charge is 0.200 e. The summed E-state index contributed by atoms with van der Waals surface area (Å²) in [4.78, 5) is 16.2.